The molecule has 0 fully saturated rings. The van der Waals surface area contributed by atoms with Crippen LogP contribution in [0.25, 0.3) is 11.0 Å². The molecule has 0 saturated carbocycles. The van der Waals surface area contributed by atoms with Crippen LogP contribution in [0.4, 0.5) is 0 Å². The van der Waals surface area contributed by atoms with Gasteiger partial charge in [-0.15, -0.1) is 0 Å². The molecule has 0 radical (unpaired) electrons. The standard InChI is InChI=1S/C18H17N3O3S/c1-3-20-15-10-5-4-9-14(15)19-16(20)11-21-18(22)13-8-6-7-12(2)17(13)25(21,23)24/h4-10H,3,11H2,1-2H3. The Balaban J connectivity index is 1.83. The minimum atomic E-state index is -3.86. The van der Waals surface area contributed by atoms with E-state index in [2.05, 4.69) is 4.98 Å². The summed E-state index contributed by atoms with van der Waals surface area (Å²) in [6, 6.07) is 12.6. The van der Waals surface area contributed by atoms with E-state index in [1.807, 2.05) is 35.8 Å². The molecule has 1 aliphatic rings. The van der Waals surface area contributed by atoms with Gasteiger partial charge in [-0.25, -0.2) is 17.7 Å². The van der Waals surface area contributed by atoms with Crippen LogP contribution < -0.4 is 0 Å². The van der Waals surface area contributed by atoms with E-state index in [1.165, 1.54) is 0 Å². The van der Waals surface area contributed by atoms with E-state index in [4.69, 9.17) is 0 Å². The van der Waals surface area contributed by atoms with Gasteiger partial charge in [-0.3, -0.25) is 4.79 Å². The van der Waals surface area contributed by atoms with E-state index in [1.54, 1.807) is 25.1 Å². The molecular weight excluding hydrogens is 338 g/mol. The second kappa shape index (κ2) is 5.42. The normalized spacial score (nSPS) is 15.8. The average molecular weight is 355 g/mol. The van der Waals surface area contributed by atoms with Crippen LogP contribution in [0.1, 0.15) is 28.7 Å². The Kier molecular flexibility index (Phi) is 3.43. The van der Waals surface area contributed by atoms with Crippen LogP contribution in [-0.2, 0) is 23.1 Å². The first-order valence-corrected chi connectivity index (χ1v) is 9.50. The van der Waals surface area contributed by atoms with Crippen molar-refractivity contribution >= 4 is 27.0 Å². The number of fused-ring (bicyclic) bond motifs is 2. The van der Waals surface area contributed by atoms with Gasteiger partial charge in [-0.1, -0.05) is 24.3 Å². The Morgan fingerprint density at radius 3 is 2.56 bits per heavy atom. The van der Waals surface area contributed by atoms with Crippen LogP contribution in [0.3, 0.4) is 0 Å². The fraction of sp³-hybridized carbons (Fsp3) is 0.222. The number of sulfonamides is 1. The number of hydrogen-bond acceptors (Lipinski definition) is 4. The number of aromatic nitrogens is 2. The predicted molar refractivity (Wildman–Crippen MR) is 93.6 cm³/mol. The number of imidazole rings is 1. The lowest BCUT2D eigenvalue weighted by atomic mass is 10.1. The lowest BCUT2D eigenvalue weighted by Gasteiger charge is -2.16. The summed E-state index contributed by atoms with van der Waals surface area (Å²) in [6.07, 6.45) is 0. The van der Waals surface area contributed by atoms with Gasteiger partial charge in [0, 0.05) is 6.54 Å². The molecule has 6 nitrogen and oxygen atoms in total. The Morgan fingerprint density at radius 2 is 1.84 bits per heavy atom. The number of rotatable bonds is 3. The topological polar surface area (TPSA) is 72.3 Å². The van der Waals surface area contributed by atoms with Crippen molar-refractivity contribution in [3.05, 3.63) is 59.4 Å². The number of benzene rings is 2. The van der Waals surface area contributed by atoms with E-state index >= 15 is 0 Å². The molecule has 4 rings (SSSR count). The quantitative estimate of drug-likeness (QED) is 0.724. The summed E-state index contributed by atoms with van der Waals surface area (Å²) in [6.45, 7) is 4.24. The second-order valence-corrected chi connectivity index (χ2v) is 7.83. The summed E-state index contributed by atoms with van der Waals surface area (Å²) in [5.74, 6) is 0.0690. The first kappa shape index (κ1) is 15.8. The Bertz CT molecular complexity index is 1120. The Hall–Kier alpha value is -2.67. The Labute approximate surface area is 145 Å². The lowest BCUT2D eigenvalue weighted by molar-refractivity contribution is 0.0862. The molecular formula is C18H17N3O3S. The zero-order valence-electron chi connectivity index (χ0n) is 13.9. The summed E-state index contributed by atoms with van der Waals surface area (Å²) in [7, 11) is -3.86. The van der Waals surface area contributed by atoms with E-state index < -0.39 is 15.9 Å². The van der Waals surface area contributed by atoms with Gasteiger partial charge in [0.15, 0.2) is 0 Å². The molecule has 2 heterocycles. The van der Waals surface area contributed by atoms with Crippen LogP contribution in [0.15, 0.2) is 47.4 Å². The third-order valence-electron chi connectivity index (χ3n) is 4.55. The summed E-state index contributed by atoms with van der Waals surface area (Å²) >= 11 is 0. The third-order valence-corrected chi connectivity index (χ3v) is 6.48. The second-order valence-electron chi connectivity index (χ2n) is 6.03. The highest BCUT2D eigenvalue weighted by Gasteiger charge is 2.42. The number of carbonyl (C=O) groups excluding carboxylic acids is 1. The minimum Gasteiger partial charge on any atom is -0.327 e. The molecule has 0 atom stereocenters. The van der Waals surface area contributed by atoms with E-state index in [0.717, 1.165) is 15.3 Å². The highest BCUT2D eigenvalue weighted by atomic mass is 32.2. The Morgan fingerprint density at radius 1 is 1.08 bits per heavy atom. The molecule has 2 aromatic carbocycles. The van der Waals surface area contributed by atoms with Crippen molar-refractivity contribution in [2.24, 2.45) is 0 Å². The fourth-order valence-electron chi connectivity index (χ4n) is 3.40. The molecule has 0 unspecified atom stereocenters. The first-order valence-electron chi connectivity index (χ1n) is 8.06. The molecule has 0 spiro atoms. The zero-order valence-corrected chi connectivity index (χ0v) is 14.7. The van der Waals surface area contributed by atoms with Crippen LogP contribution >= 0.6 is 0 Å². The smallest absolute Gasteiger partial charge is 0.269 e. The maximum absolute atomic E-state index is 12.9. The van der Waals surface area contributed by atoms with Gasteiger partial charge in [0.25, 0.3) is 15.9 Å². The molecule has 7 heteroatoms. The molecule has 1 aliphatic heterocycles. The van der Waals surface area contributed by atoms with Crippen molar-refractivity contribution in [1.82, 2.24) is 13.9 Å². The van der Waals surface area contributed by atoms with Crippen molar-refractivity contribution in [1.29, 1.82) is 0 Å². The molecule has 1 aromatic heterocycles. The highest BCUT2D eigenvalue weighted by molar-refractivity contribution is 7.90. The van der Waals surface area contributed by atoms with Crippen molar-refractivity contribution in [3.63, 3.8) is 0 Å². The number of carbonyl (C=O) groups is 1. The fourth-order valence-corrected chi connectivity index (χ4v) is 5.13. The monoisotopic (exact) mass is 355 g/mol. The zero-order chi connectivity index (χ0) is 17.8. The largest absolute Gasteiger partial charge is 0.327 e. The van der Waals surface area contributed by atoms with Crippen LogP contribution in [0, 0.1) is 6.92 Å². The van der Waals surface area contributed by atoms with Gasteiger partial charge in [-0.2, -0.15) is 0 Å². The SMILES string of the molecule is CCn1c(CN2C(=O)c3cccc(C)c3S2(=O)=O)nc2ccccc21. The summed E-state index contributed by atoms with van der Waals surface area (Å²) in [5.41, 5.74) is 2.53. The van der Waals surface area contributed by atoms with Crippen molar-refractivity contribution in [3.8, 4) is 0 Å². The van der Waals surface area contributed by atoms with Crippen molar-refractivity contribution in [2.75, 3.05) is 0 Å². The lowest BCUT2D eigenvalue weighted by Crippen LogP contribution is -2.30. The summed E-state index contributed by atoms with van der Waals surface area (Å²) in [4.78, 5) is 17.3. The van der Waals surface area contributed by atoms with Crippen LogP contribution in [-0.4, -0.2) is 28.2 Å². The predicted octanol–water partition coefficient (Wildman–Crippen LogP) is 2.71. The van der Waals surface area contributed by atoms with Crippen molar-refractivity contribution < 1.29 is 13.2 Å². The van der Waals surface area contributed by atoms with Crippen LogP contribution in [0.5, 0.6) is 0 Å². The van der Waals surface area contributed by atoms with Crippen LogP contribution in [0.2, 0.25) is 0 Å². The maximum Gasteiger partial charge on any atom is 0.269 e. The molecule has 0 aliphatic carbocycles. The van der Waals surface area contributed by atoms with Gasteiger partial charge >= 0.3 is 0 Å². The van der Waals surface area contributed by atoms with Gasteiger partial charge in [0.1, 0.15) is 10.7 Å². The summed E-state index contributed by atoms with van der Waals surface area (Å²) < 4.78 is 28.7. The highest BCUT2D eigenvalue weighted by Crippen LogP contribution is 2.34. The molecule has 0 saturated heterocycles. The molecule has 25 heavy (non-hydrogen) atoms. The van der Waals surface area contributed by atoms with Gasteiger partial charge < -0.3 is 4.57 Å². The molecule has 0 N–H and O–H groups in total. The van der Waals surface area contributed by atoms with Gasteiger partial charge in [-0.05, 0) is 37.6 Å². The van der Waals surface area contributed by atoms with E-state index in [-0.39, 0.29) is 17.0 Å². The van der Waals surface area contributed by atoms with E-state index in [0.29, 0.717) is 17.9 Å². The van der Waals surface area contributed by atoms with Gasteiger partial charge in [0.05, 0.1) is 23.1 Å². The minimum absolute atomic E-state index is 0.0716. The van der Waals surface area contributed by atoms with E-state index in [9.17, 15) is 13.2 Å². The number of hydrogen-bond donors (Lipinski definition) is 0. The summed E-state index contributed by atoms with van der Waals surface area (Å²) in [5, 5.41) is 0. The number of aryl methyl sites for hydroxylation is 2. The number of para-hydroxylation sites is 2. The third kappa shape index (κ3) is 2.19. The maximum atomic E-state index is 12.9. The molecule has 3 aromatic rings. The number of nitrogens with zero attached hydrogens (tertiary/aromatic N) is 3. The number of amides is 1. The molecule has 128 valence electrons. The molecule has 0 bridgehead atoms. The first-order chi connectivity index (χ1) is 11.9. The van der Waals surface area contributed by atoms with Crippen molar-refractivity contribution in [2.45, 2.75) is 31.8 Å². The average Bonchev–Trinajstić information content (AvgIpc) is 3.03. The molecule has 1 amide bonds. The van der Waals surface area contributed by atoms with Gasteiger partial charge in [0.2, 0.25) is 0 Å².